The molecule has 1 aromatic carbocycles. The third kappa shape index (κ3) is 8.70. The molecule has 1 saturated heterocycles. The Morgan fingerprint density at radius 3 is 2.29 bits per heavy atom. The fourth-order valence-electron chi connectivity index (χ4n) is 9.36. The average Bonchev–Trinajstić information content (AvgIpc) is 3.16. The number of esters is 4. The summed E-state index contributed by atoms with van der Waals surface area (Å²) in [6, 6.07) is 1.82. The van der Waals surface area contributed by atoms with Crippen molar-refractivity contribution in [1.29, 1.82) is 0 Å². The molecule has 346 valence electrons. The van der Waals surface area contributed by atoms with Gasteiger partial charge in [-0.2, -0.15) is 13.2 Å². The van der Waals surface area contributed by atoms with Crippen molar-refractivity contribution in [3.05, 3.63) is 51.4 Å². The number of hydrogen-bond donors (Lipinski definition) is 4. The highest BCUT2D eigenvalue weighted by Crippen LogP contribution is 2.64. The summed E-state index contributed by atoms with van der Waals surface area (Å²) in [7, 11) is 0. The van der Waals surface area contributed by atoms with Gasteiger partial charge in [0.15, 0.2) is 29.6 Å². The summed E-state index contributed by atoms with van der Waals surface area (Å²) in [6.07, 6.45) is -20.8. The van der Waals surface area contributed by atoms with Crippen molar-refractivity contribution in [2.45, 2.75) is 147 Å². The van der Waals surface area contributed by atoms with E-state index in [1.54, 1.807) is 0 Å². The molecule has 1 aromatic rings. The first-order chi connectivity index (χ1) is 29.0. The van der Waals surface area contributed by atoms with E-state index in [9.17, 15) is 52.5 Å². The number of azide groups is 1. The maximum Gasteiger partial charge on any atom is 0.411 e. The zero-order chi connectivity index (χ0) is 47.4. The lowest BCUT2D eigenvalue weighted by Gasteiger charge is -2.67. The largest absolute Gasteiger partial charge is 0.456 e. The van der Waals surface area contributed by atoms with Crippen LogP contribution in [0.5, 0.6) is 0 Å². The number of hydrogen-bond acceptors (Lipinski definition) is 16. The summed E-state index contributed by atoms with van der Waals surface area (Å²) in [5, 5.41) is 41.4. The van der Waals surface area contributed by atoms with Crippen LogP contribution in [-0.2, 0) is 47.6 Å². The van der Waals surface area contributed by atoms with Crippen LogP contribution >= 0.6 is 0 Å². The first kappa shape index (κ1) is 48.7. The number of aliphatic hydroxyl groups is 3. The summed E-state index contributed by atoms with van der Waals surface area (Å²) < 4.78 is 77.3. The molecule has 0 spiro atoms. The minimum atomic E-state index is -5.47. The number of Topliss-reactive ketones (excluding diaryl/α,β-unsaturated/α-hetero) is 1. The molecule has 11 atom stereocenters. The second-order valence-corrected chi connectivity index (χ2v) is 17.9. The van der Waals surface area contributed by atoms with Gasteiger partial charge in [0.1, 0.15) is 29.5 Å². The molecule has 0 aromatic heterocycles. The minimum absolute atomic E-state index is 0.0384. The Labute approximate surface area is 359 Å². The molecule has 19 nitrogen and oxygen atoms in total. The fourth-order valence-corrected chi connectivity index (χ4v) is 9.36. The monoisotopic (exact) mass is 896 g/mol. The Hall–Kier alpha value is -5.28. The van der Waals surface area contributed by atoms with Gasteiger partial charge in [-0.05, 0) is 63.4 Å². The Bertz CT molecular complexity index is 2130. The molecule has 4 N–H and O–H groups in total. The number of ketones is 1. The van der Waals surface area contributed by atoms with E-state index in [0.29, 0.717) is 0 Å². The average molecular weight is 897 g/mol. The van der Waals surface area contributed by atoms with Crippen LogP contribution in [0.15, 0.2) is 40.5 Å². The molecule has 2 bridgehead atoms. The van der Waals surface area contributed by atoms with Gasteiger partial charge in [0.2, 0.25) is 0 Å². The number of amides is 1. The van der Waals surface area contributed by atoms with Crippen LogP contribution in [0.4, 0.5) is 23.7 Å². The highest BCUT2D eigenvalue weighted by molar-refractivity contribution is 5.96. The summed E-state index contributed by atoms with van der Waals surface area (Å²) in [5.41, 5.74) is -1.75. The Kier molecular flexibility index (Phi) is 13.2. The van der Waals surface area contributed by atoms with Crippen molar-refractivity contribution in [2.75, 3.05) is 6.61 Å². The number of alkyl carbamates (subject to hydrolysis) is 1. The Morgan fingerprint density at radius 2 is 1.75 bits per heavy atom. The number of fused-ring (bicyclic) bond motifs is 5. The number of ether oxygens (including phenoxy) is 6. The molecule has 3 fully saturated rings. The third-order valence-electron chi connectivity index (χ3n) is 12.5. The second kappa shape index (κ2) is 17.0. The molecular weight excluding hydrogens is 845 g/mol. The van der Waals surface area contributed by atoms with Gasteiger partial charge >= 0.3 is 36.1 Å². The lowest BCUT2D eigenvalue weighted by Crippen LogP contribution is -2.82. The number of nitrogens with zero attached hydrogens (tertiary/aromatic N) is 3. The zero-order valence-corrected chi connectivity index (χ0v) is 36.0. The first-order valence-corrected chi connectivity index (χ1v) is 20.0. The normalized spacial score (nSPS) is 32.0. The molecule has 63 heavy (non-hydrogen) atoms. The van der Waals surface area contributed by atoms with Gasteiger partial charge in [0.25, 0.3) is 0 Å². The summed E-state index contributed by atoms with van der Waals surface area (Å²) in [5.74, 6) is -7.89. The van der Waals surface area contributed by atoms with E-state index in [1.807, 2.05) is 0 Å². The van der Waals surface area contributed by atoms with Crippen molar-refractivity contribution in [1.82, 2.24) is 5.32 Å². The van der Waals surface area contributed by atoms with Gasteiger partial charge in [0.05, 0.1) is 29.6 Å². The topological polar surface area (TPSA) is 279 Å². The van der Waals surface area contributed by atoms with Crippen molar-refractivity contribution >= 4 is 41.4 Å². The van der Waals surface area contributed by atoms with Crippen LogP contribution in [0.2, 0.25) is 0 Å². The Morgan fingerprint density at radius 1 is 1.10 bits per heavy atom. The van der Waals surface area contributed by atoms with Gasteiger partial charge in [-0.15, -0.1) is 0 Å². The van der Waals surface area contributed by atoms with Gasteiger partial charge in [-0.25, -0.2) is 14.4 Å². The molecule has 3 aliphatic carbocycles. The third-order valence-corrected chi connectivity index (χ3v) is 12.5. The standard InChI is InChI=1S/C41H51F3N4O15/c1-10-25(51)60-28-26-18(2)22(59-34(55)27(52)30(41(42,43)44)46-35(56)63-36(4,5)6)16-40(57,37(26,7)8)32(61-33(54)20-12-11-13-21(14-20)47-48-45)29-38(9,31(28)53)23(50)15-24-39(29,17-58-24)62-19(3)49/h11-14,22-24,27-30,32,50,52,57H,10,15-17H2,1-9H3,(H,46,56)/t22-,23-,24+,27+,28+,29?,30+,32-,38+,39-,40+/m0/s1. The Balaban J connectivity index is 1.77. The van der Waals surface area contributed by atoms with Crippen LogP contribution < -0.4 is 5.32 Å². The van der Waals surface area contributed by atoms with E-state index in [-0.39, 0.29) is 35.2 Å². The molecule has 2 saturated carbocycles. The number of benzene rings is 1. The van der Waals surface area contributed by atoms with Crippen molar-refractivity contribution in [3.8, 4) is 0 Å². The molecule has 1 aliphatic heterocycles. The molecule has 22 heteroatoms. The zero-order valence-electron chi connectivity index (χ0n) is 36.0. The fraction of sp³-hybridized carbons (Fsp3) is 0.659. The molecular formula is C41H51F3N4O15. The first-order valence-electron chi connectivity index (χ1n) is 20.0. The molecule has 4 aliphatic rings. The van der Waals surface area contributed by atoms with E-state index in [4.69, 9.17) is 34.0 Å². The lowest BCUT2D eigenvalue weighted by molar-refractivity contribution is -0.346. The molecule has 1 unspecified atom stereocenters. The number of nitrogens with one attached hydrogen (secondary N) is 1. The molecule has 1 heterocycles. The molecule has 0 radical (unpaired) electrons. The quantitative estimate of drug-likeness (QED) is 0.0634. The maximum absolute atomic E-state index is 15.5. The van der Waals surface area contributed by atoms with E-state index in [1.165, 1.54) is 78.9 Å². The molecule has 5 rings (SSSR count). The summed E-state index contributed by atoms with van der Waals surface area (Å²) in [6.45, 7) is 11.3. The highest BCUT2D eigenvalue weighted by Gasteiger charge is 2.78. The summed E-state index contributed by atoms with van der Waals surface area (Å²) in [4.78, 5) is 84.8. The van der Waals surface area contributed by atoms with Gasteiger partial charge in [-0.1, -0.05) is 38.0 Å². The van der Waals surface area contributed by atoms with Gasteiger partial charge < -0.3 is 49.1 Å². The van der Waals surface area contributed by atoms with E-state index in [2.05, 4.69) is 10.0 Å². The summed E-state index contributed by atoms with van der Waals surface area (Å²) >= 11 is 0. The smallest absolute Gasteiger partial charge is 0.411 e. The minimum Gasteiger partial charge on any atom is -0.456 e. The van der Waals surface area contributed by atoms with Crippen LogP contribution in [0.1, 0.15) is 91.9 Å². The SMILES string of the molecule is CCC(=O)O[C@H]1C(=O)[C@@]2(C)C([C@H](OC(=O)c3cccc(N=[N+]=[N-])c3)[C@]3(O)C[C@H](OC(=O)[C@H](O)[C@@H](NC(=O)OC(C)(C)C)C(F)(F)F)C(C)=C1C3(C)C)[C@]1(OC(C)=O)CO[C@@H]1C[C@@H]2O. The second-order valence-electron chi connectivity index (χ2n) is 17.9. The van der Waals surface area contributed by atoms with Crippen LogP contribution in [0.3, 0.4) is 0 Å². The van der Waals surface area contributed by atoms with Crippen LogP contribution in [-0.4, -0.2) is 123 Å². The van der Waals surface area contributed by atoms with Crippen LogP contribution in [0.25, 0.3) is 10.4 Å². The van der Waals surface area contributed by atoms with E-state index >= 15 is 4.79 Å². The number of aliphatic hydroxyl groups excluding tert-OH is 2. The van der Waals surface area contributed by atoms with Crippen molar-refractivity contribution in [2.24, 2.45) is 21.9 Å². The number of rotatable bonds is 10. The number of halogens is 3. The number of carbonyl (C=O) groups is 6. The van der Waals surface area contributed by atoms with Gasteiger partial charge in [-0.3, -0.25) is 14.4 Å². The molecule has 1 amide bonds. The van der Waals surface area contributed by atoms with Crippen LogP contribution in [0, 0.1) is 16.7 Å². The maximum atomic E-state index is 15.5. The highest BCUT2D eigenvalue weighted by atomic mass is 19.4. The van der Waals surface area contributed by atoms with E-state index < -0.39 is 131 Å². The predicted molar refractivity (Wildman–Crippen MR) is 207 cm³/mol. The number of carbonyl (C=O) groups excluding carboxylic acids is 6. The lowest BCUT2D eigenvalue weighted by atomic mass is 9.44. The van der Waals surface area contributed by atoms with Crippen molar-refractivity contribution < 1.29 is 85.7 Å². The predicted octanol–water partition coefficient (Wildman–Crippen LogP) is 4.35. The van der Waals surface area contributed by atoms with E-state index in [0.717, 1.165) is 13.0 Å². The van der Waals surface area contributed by atoms with Gasteiger partial charge in [0, 0.05) is 42.2 Å². The van der Waals surface area contributed by atoms with Crippen molar-refractivity contribution in [3.63, 3.8) is 0 Å². The number of alkyl halides is 3.